The van der Waals surface area contributed by atoms with Gasteiger partial charge in [-0.15, -0.1) is 0 Å². The van der Waals surface area contributed by atoms with Gasteiger partial charge in [-0.3, -0.25) is 0 Å². The molecule has 0 aliphatic rings. The van der Waals surface area contributed by atoms with Gasteiger partial charge < -0.3 is 5.32 Å². The maximum atomic E-state index is 6.16. The molecule has 0 bridgehead atoms. The van der Waals surface area contributed by atoms with E-state index in [0.717, 1.165) is 18.0 Å². The summed E-state index contributed by atoms with van der Waals surface area (Å²) in [6.07, 6.45) is 1.17. The minimum absolute atomic E-state index is 0.241. The minimum Gasteiger partial charge on any atom is -0.310 e. The first-order valence-electron chi connectivity index (χ1n) is 5.69. The summed E-state index contributed by atoms with van der Waals surface area (Å²) in [5.74, 6) is 0.717. The lowest BCUT2D eigenvalue weighted by Crippen LogP contribution is -2.21. The molecule has 1 N–H and O–H groups in total. The van der Waals surface area contributed by atoms with Crippen LogP contribution < -0.4 is 5.32 Å². The van der Waals surface area contributed by atoms with Crippen molar-refractivity contribution in [3.05, 3.63) is 33.8 Å². The third-order valence-corrected chi connectivity index (χ3v) is 3.45. The lowest BCUT2D eigenvalue weighted by molar-refractivity contribution is 0.497. The van der Waals surface area contributed by atoms with Crippen LogP contribution in [0.2, 0.25) is 10.0 Å². The molecule has 0 aliphatic heterocycles. The molecule has 0 radical (unpaired) electrons. The van der Waals surface area contributed by atoms with Gasteiger partial charge in [-0.05, 0) is 37.4 Å². The maximum absolute atomic E-state index is 6.16. The van der Waals surface area contributed by atoms with Crippen molar-refractivity contribution < 1.29 is 0 Å². The molecule has 0 amide bonds. The number of rotatable bonds is 5. The number of nitrogens with one attached hydrogen (secondary N) is 1. The van der Waals surface area contributed by atoms with E-state index in [1.165, 1.54) is 6.42 Å². The fraction of sp³-hybridized carbons (Fsp3) is 0.538. The average Bonchev–Trinajstić information content (AvgIpc) is 2.21. The quantitative estimate of drug-likeness (QED) is 0.809. The van der Waals surface area contributed by atoms with E-state index >= 15 is 0 Å². The Morgan fingerprint density at radius 3 is 2.50 bits per heavy atom. The second-order valence-corrected chi connectivity index (χ2v) is 5.29. The van der Waals surface area contributed by atoms with Crippen LogP contribution in [0.4, 0.5) is 0 Å². The molecule has 1 aromatic carbocycles. The van der Waals surface area contributed by atoms with E-state index in [1.807, 2.05) is 18.2 Å². The van der Waals surface area contributed by atoms with Crippen LogP contribution in [-0.2, 0) is 0 Å². The van der Waals surface area contributed by atoms with Crippen LogP contribution in [0.1, 0.15) is 38.8 Å². The van der Waals surface area contributed by atoms with E-state index in [4.69, 9.17) is 23.2 Å². The number of halogens is 2. The smallest absolute Gasteiger partial charge is 0.0639 e. The predicted octanol–water partition coefficient (Wildman–Crippen LogP) is 4.69. The Bertz CT molecular complexity index is 337. The summed E-state index contributed by atoms with van der Waals surface area (Å²) in [5.41, 5.74) is 1.07. The molecule has 0 fully saturated rings. The first-order chi connectivity index (χ1) is 7.52. The minimum atomic E-state index is 0.241. The first-order valence-corrected chi connectivity index (χ1v) is 6.45. The molecule has 1 atom stereocenters. The highest BCUT2D eigenvalue weighted by Crippen LogP contribution is 2.29. The van der Waals surface area contributed by atoms with Gasteiger partial charge >= 0.3 is 0 Å². The lowest BCUT2D eigenvalue weighted by Gasteiger charge is -2.17. The zero-order valence-corrected chi connectivity index (χ0v) is 11.6. The fourth-order valence-corrected chi connectivity index (χ4v) is 2.02. The van der Waals surface area contributed by atoms with Gasteiger partial charge in [0, 0.05) is 6.04 Å². The number of hydrogen-bond donors (Lipinski definition) is 1. The molecule has 1 rings (SSSR count). The molecule has 0 aromatic heterocycles. The van der Waals surface area contributed by atoms with Crippen molar-refractivity contribution in [2.75, 3.05) is 6.54 Å². The molecule has 0 spiro atoms. The van der Waals surface area contributed by atoms with Gasteiger partial charge in [0.15, 0.2) is 0 Å². The molecule has 3 heteroatoms. The average molecular weight is 260 g/mol. The van der Waals surface area contributed by atoms with Gasteiger partial charge in [0.1, 0.15) is 0 Å². The SMILES string of the molecule is CC(C)CCNC(C)c1cccc(Cl)c1Cl. The van der Waals surface area contributed by atoms with E-state index in [1.54, 1.807) is 0 Å². The number of hydrogen-bond acceptors (Lipinski definition) is 1. The van der Waals surface area contributed by atoms with E-state index in [2.05, 4.69) is 26.1 Å². The Morgan fingerprint density at radius 2 is 1.88 bits per heavy atom. The van der Waals surface area contributed by atoms with Crippen LogP contribution in [0.5, 0.6) is 0 Å². The Hall–Kier alpha value is -0.240. The van der Waals surface area contributed by atoms with E-state index in [0.29, 0.717) is 10.0 Å². The molecule has 0 heterocycles. The normalized spacial score (nSPS) is 13.1. The topological polar surface area (TPSA) is 12.0 Å². The van der Waals surface area contributed by atoms with Crippen LogP contribution in [0, 0.1) is 5.92 Å². The molecule has 90 valence electrons. The summed E-state index contributed by atoms with van der Waals surface area (Å²) in [6.45, 7) is 7.55. The lowest BCUT2D eigenvalue weighted by atomic mass is 10.1. The molecular formula is C13H19Cl2N. The Labute approximate surface area is 108 Å². The monoisotopic (exact) mass is 259 g/mol. The summed E-state index contributed by atoms with van der Waals surface area (Å²) in [5, 5.41) is 4.74. The highest BCUT2D eigenvalue weighted by atomic mass is 35.5. The van der Waals surface area contributed by atoms with Crippen LogP contribution in [0.3, 0.4) is 0 Å². The molecule has 1 unspecified atom stereocenters. The Kier molecular flexibility index (Phi) is 5.60. The molecule has 1 aromatic rings. The van der Waals surface area contributed by atoms with Crippen LogP contribution in [0.15, 0.2) is 18.2 Å². The fourth-order valence-electron chi connectivity index (χ4n) is 1.55. The Balaban J connectivity index is 2.59. The van der Waals surface area contributed by atoms with E-state index in [-0.39, 0.29) is 6.04 Å². The highest BCUT2D eigenvalue weighted by molar-refractivity contribution is 6.42. The van der Waals surface area contributed by atoms with Gasteiger partial charge in [-0.25, -0.2) is 0 Å². The van der Waals surface area contributed by atoms with Crippen LogP contribution >= 0.6 is 23.2 Å². The largest absolute Gasteiger partial charge is 0.310 e. The highest BCUT2D eigenvalue weighted by Gasteiger charge is 2.10. The van der Waals surface area contributed by atoms with Crippen molar-refractivity contribution in [1.29, 1.82) is 0 Å². The van der Waals surface area contributed by atoms with Gasteiger partial charge in [-0.1, -0.05) is 49.2 Å². The van der Waals surface area contributed by atoms with E-state index in [9.17, 15) is 0 Å². The van der Waals surface area contributed by atoms with Gasteiger partial charge in [-0.2, -0.15) is 0 Å². The van der Waals surface area contributed by atoms with Crippen LogP contribution in [0.25, 0.3) is 0 Å². The van der Waals surface area contributed by atoms with Crippen molar-refractivity contribution in [3.8, 4) is 0 Å². The summed E-state index contributed by atoms with van der Waals surface area (Å²) < 4.78 is 0. The zero-order valence-electron chi connectivity index (χ0n) is 10.1. The van der Waals surface area contributed by atoms with Crippen molar-refractivity contribution in [2.45, 2.75) is 33.2 Å². The molecule has 0 aliphatic carbocycles. The predicted molar refractivity (Wildman–Crippen MR) is 72.3 cm³/mol. The summed E-state index contributed by atoms with van der Waals surface area (Å²) in [4.78, 5) is 0. The Morgan fingerprint density at radius 1 is 1.19 bits per heavy atom. The second kappa shape index (κ2) is 6.48. The molecular weight excluding hydrogens is 241 g/mol. The standard InChI is InChI=1S/C13H19Cl2N/c1-9(2)7-8-16-10(3)11-5-4-6-12(14)13(11)15/h4-6,9-10,16H,7-8H2,1-3H3. The van der Waals surface area contributed by atoms with Crippen molar-refractivity contribution in [1.82, 2.24) is 5.32 Å². The van der Waals surface area contributed by atoms with Crippen LogP contribution in [-0.4, -0.2) is 6.54 Å². The van der Waals surface area contributed by atoms with Gasteiger partial charge in [0.05, 0.1) is 10.0 Å². The first kappa shape index (κ1) is 13.8. The summed E-state index contributed by atoms with van der Waals surface area (Å²) in [7, 11) is 0. The third-order valence-electron chi connectivity index (χ3n) is 2.62. The third kappa shape index (κ3) is 3.97. The molecule has 0 saturated carbocycles. The molecule has 1 nitrogen and oxygen atoms in total. The summed E-state index contributed by atoms with van der Waals surface area (Å²) >= 11 is 12.1. The van der Waals surface area contributed by atoms with E-state index < -0.39 is 0 Å². The maximum Gasteiger partial charge on any atom is 0.0639 e. The van der Waals surface area contributed by atoms with Gasteiger partial charge in [0.2, 0.25) is 0 Å². The number of benzene rings is 1. The van der Waals surface area contributed by atoms with Crippen molar-refractivity contribution >= 4 is 23.2 Å². The second-order valence-electron chi connectivity index (χ2n) is 4.50. The molecule has 0 saturated heterocycles. The molecule has 16 heavy (non-hydrogen) atoms. The zero-order chi connectivity index (χ0) is 12.1. The summed E-state index contributed by atoms with van der Waals surface area (Å²) in [6, 6.07) is 6.00. The van der Waals surface area contributed by atoms with Crippen molar-refractivity contribution in [3.63, 3.8) is 0 Å². The van der Waals surface area contributed by atoms with Gasteiger partial charge in [0.25, 0.3) is 0 Å². The van der Waals surface area contributed by atoms with Crippen molar-refractivity contribution in [2.24, 2.45) is 5.92 Å².